The van der Waals surface area contributed by atoms with Gasteiger partial charge in [0.15, 0.2) is 5.82 Å². The van der Waals surface area contributed by atoms with Gasteiger partial charge in [-0.05, 0) is 12.8 Å². The summed E-state index contributed by atoms with van der Waals surface area (Å²) in [7, 11) is 0. The average Bonchev–Trinajstić information content (AvgIpc) is 2.82. The summed E-state index contributed by atoms with van der Waals surface area (Å²) in [6, 6.07) is 2.32. The number of aromatic nitrogens is 2. The van der Waals surface area contributed by atoms with Crippen LogP contribution in [0.3, 0.4) is 0 Å². The fourth-order valence-corrected chi connectivity index (χ4v) is 4.32. The van der Waals surface area contributed by atoms with E-state index in [0.29, 0.717) is 24.2 Å². The lowest BCUT2D eigenvalue weighted by atomic mass is 9.97. The van der Waals surface area contributed by atoms with Crippen molar-refractivity contribution < 1.29 is 4.79 Å². The van der Waals surface area contributed by atoms with Crippen LogP contribution in [-0.2, 0) is 4.79 Å². The number of rotatable bonds is 4. The topological polar surface area (TPSA) is 69.8 Å². The Kier molecular flexibility index (Phi) is 7.73. The Morgan fingerprint density at radius 1 is 1.30 bits per heavy atom. The first kappa shape index (κ1) is 18.6. The van der Waals surface area contributed by atoms with Crippen LogP contribution in [-0.4, -0.2) is 40.2 Å². The zero-order valence-corrected chi connectivity index (χ0v) is 15.1. The van der Waals surface area contributed by atoms with E-state index in [4.69, 9.17) is 0 Å². The molecule has 0 radical (unpaired) electrons. The molecular formula is C16H27ClN4OS. The van der Waals surface area contributed by atoms with Gasteiger partial charge in [-0.1, -0.05) is 25.7 Å². The summed E-state index contributed by atoms with van der Waals surface area (Å²) in [4.78, 5) is 12.1. The van der Waals surface area contributed by atoms with Gasteiger partial charge in [-0.3, -0.25) is 9.89 Å². The lowest BCUT2D eigenvalue weighted by Gasteiger charge is -2.22. The first-order valence-corrected chi connectivity index (χ1v) is 9.63. The van der Waals surface area contributed by atoms with Crippen LogP contribution in [0.1, 0.15) is 56.6 Å². The third-order valence-electron chi connectivity index (χ3n) is 4.59. The van der Waals surface area contributed by atoms with Crippen LogP contribution in [0.4, 0.5) is 5.82 Å². The molecule has 1 unspecified atom stereocenters. The summed E-state index contributed by atoms with van der Waals surface area (Å²) in [6.07, 6.45) is 8.30. The monoisotopic (exact) mass is 358 g/mol. The van der Waals surface area contributed by atoms with E-state index in [-0.39, 0.29) is 18.3 Å². The standard InChI is InChI=1S/C16H26N4OS.ClH/c21-16(9-13-11-22-8-7-17-13)18-15-10-14(19-20-15)12-5-3-1-2-4-6-12;/h10,12-13,17H,1-9,11H2,(H2,18,19,20,21);1H. The van der Waals surface area contributed by atoms with E-state index in [1.807, 2.05) is 17.8 Å². The number of aromatic amines is 1. The van der Waals surface area contributed by atoms with Crippen LogP contribution in [0.15, 0.2) is 6.07 Å². The highest BCUT2D eigenvalue weighted by atomic mass is 35.5. The van der Waals surface area contributed by atoms with Gasteiger partial charge in [-0.15, -0.1) is 12.4 Å². The molecule has 2 heterocycles. The largest absolute Gasteiger partial charge is 0.312 e. The number of carbonyl (C=O) groups excluding carboxylic acids is 1. The predicted molar refractivity (Wildman–Crippen MR) is 98.6 cm³/mol. The lowest BCUT2D eigenvalue weighted by molar-refractivity contribution is -0.116. The zero-order valence-electron chi connectivity index (χ0n) is 13.5. The summed E-state index contributed by atoms with van der Waals surface area (Å²) in [5.74, 6) is 3.47. The van der Waals surface area contributed by atoms with Gasteiger partial charge < -0.3 is 10.6 Å². The van der Waals surface area contributed by atoms with Gasteiger partial charge >= 0.3 is 0 Å². The number of nitrogens with zero attached hydrogens (tertiary/aromatic N) is 1. The smallest absolute Gasteiger partial charge is 0.227 e. The third-order valence-corrected chi connectivity index (χ3v) is 5.72. The molecule has 7 heteroatoms. The maximum absolute atomic E-state index is 12.1. The molecule has 2 fully saturated rings. The third kappa shape index (κ3) is 5.69. The average molecular weight is 359 g/mol. The van der Waals surface area contributed by atoms with Gasteiger partial charge in [0.25, 0.3) is 0 Å². The number of anilines is 1. The van der Waals surface area contributed by atoms with Crippen molar-refractivity contribution in [3.05, 3.63) is 11.8 Å². The molecule has 130 valence electrons. The Hall–Kier alpha value is -0.720. The molecule has 1 saturated heterocycles. The van der Waals surface area contributed by atoms with Gasteiger partial charge in [0.05, 0.1) is 0 Å². The number of hydrogen-bond donors (Lipinski definition) is 3. The first-order valence-electron chi connectivity index (χ1n) is 8.47. The zero-order chi connectivity index (χ0) is 15.2. The molecule has 1 aliphatic heterocycles. The molecule has 1 aliphatic carbocycles. The second-order valence-corrected chi connectivity index (χ2v) is 7.53. The number of halogens is 1. The second kappa shape index (κ2) is 9.55. The van der Waals surface area contributed by atoms with Gasteiger partial charge in [0, 0.05) is 48.2 Å². The SMILES string of the molecule is Cl.O=C(CC1CSCCN1)Nc1cc(C2CCCCCC2)[nH]n1. The molecule has 5 nitrogen and oxygen atoms in total. The summed E-state index contributed by atoms with van der Waals surface area (Å²) in [5, 5.41) is 13.7. The normalized spacial score (nSPS) is 22.9. The predicted octanol–water partition coefficient (Wildman–Crippen LogP) is 3.30. The van der Waals surface area contributed by atoms with Gasteiger partial charge in [-0.2, -0.15) is 16.9 Å². The maximum atomic E-state index is 12.1. The highest BCUT2D eigenvalue weighted by Gasteiger charge is 2.19. The Labute approximate surface area is 148 Å². The van der Waals surface area contributed by atoms with Gasteiger partial charge in [-0.25, -0.2) is 0 Å². The minimum absolute atomic E-state index is 0. The molecule has 1 atom stereocenters. The molecule has 0 aromatic carbocycles. The molecule has 2 aliphatic rings. The number of H-pyrrole nitrogens is 1. The van der Waals surface area contributed by atoms with Crippen LogP contribution in [0.5, 0.6) is 0 Å². The van der Waals surface area contributed by atoms with Crippen molar-refractivity contribution in [2.24, 2.45) is 0 Å². The molecule has 1 amide bonds. The van der Waals surface area contributed by atoms with Crippen molar-refractivity contribution in [1.29, 1.82) is 0 Å². The van der Waals surface area contributed by atoms with E-state index in [2.05, 4.69) is 20.8 Å². The van der Waals surface area contributed by atoms with Crippen LogP contribution in [0.2, 0.25) is 0 Å². The van der Waals surface area contributed by atoms with E-state index in [1.54, 1.807) is 0 Å². The molecule has 3 rings (SSSR count). The minimum atomic E-state index is 0. The number of thioether (sulfide) groups is 1. The van der Waals surface area contributed by atoms with Crippen molar-refractivity contribution in [3.8, 4) is 0 Å². The maximum Gasteiger partial charge on any atom is 0.227 e. The Morgan fingerprint density at radius 2 is 2.09 bits per heavy atom. The van der Waals surface area contributed by atoms with Crippen molar-refractivity contribution >= 4 is 35.9 Å². The van der Waals surface area contributed by atoms with E-state index in [9.17, 15) is 4.79 Å². The number of nitrogens with one attached hydrogen (secondary N) is 3. The van der Waals surface area contributed by atoms with Crippen molar-refractivity contribution in [2.75, 3.05) is 23.4 Å². The van der Waals surface area contributed by atoms with Crippen LogP contribution < -0.4 is 10.6 Å². The Balaban J connectivity index is 0.00000192. The molecule has 1 saturated carbocycles. The molecular weight excluding hydrogens is 332 g/mol. The molecule has 3 N–H and O–H groups in total. The molecule has 0 spiro atoms. The summed E-state index contributed by atoms with van der Waals surface area (Å²) in [6.45, 7) is 0.997. The number of hydrogen-bond acceptors (Lipinski definition) is 4. The number of carbonyl (C=O) groups is 1. The van der Waals surface area contributed by atoms with Crippen molar-refractivity contribution in [3.63, 3.8) is 0 Å². The minimum Gasteiger partial charge on any atom is -0.312 e. The molecule has 23 heavy (non-hydrogen) atoms. The van der Waals surface area contributed by atoms with Gasteiger partial charge in [0.2, 0.25) is 5.91 Å². The van der Waals surface area contributed by atoms with E-state index < -0.39 is 0 Å². The van der Waals surface area contributed by atoms with E-state index >= 15 is 0 Å². The van der Waals surface area contributed by atoms with Crippen LogP contribution in [0.25, 0.3) is 0 Å². The highest BCUT2D eigenvalue weighted by molar-refractivity contribution is 7.99. The highest BCUT2D eigenvalue weighted by Crippen LogP contribution is 2.31. The summed E-state index contributed by atoms with van der Waals surface area (Å²) < 4.78 is 0. The number of amides is 1. The molecule has 1 aromatic rings. The Morgan fingerprint density at radius 3 is 2.78 bits per heavy atom. The van der Waals surface area contributed by atoms with Crippen LogP contribution in [0, 0.1) is 0 Å². The fraction of sp³-hybridized carbons (Fsp3) is 0.750. The van der Waals surface area contributed by atoms with E-state index in [0.717, 1.165) is 18.1 Å². The lowest BCUT2D eigenvalue weighted by Crippen LogP contribution is -2.39. The second-order valence-electron chi connectivity index (χ2n) is 6.38. The van der Waals surface area contributed by atoms with Crippen molar-refractivity contribution in [1.82, 2.24) is 15.5 Å². The Bertz CT molecular complexity index is 482. The van der Waals surface area contributed by atoms with Crippen molar-refractivity contribution in [2.45, 2.75) is 56.9 Å². The fourth-order valence-electron chi connectivity index (χ4n) is 3.37. The summed E-state index contributed by atoms with van der Waals surface area (Å²) >= 11 is 1.91. The summed E-state index contributed by atoms with van der Waals surface area (Å²) in [5.41, 5.74) is 1.18. The molecule has 0 bridgehead atoms. The van der Waals surface area contributed by atoms with Gasteiger partial charge in [0.1, 0.15) is 0 Å². The first-order chi connectivity index (χ1) is 10.8. The van der Waals surface area contributed by atoms with E-state index in [1.165, 1.54) is 44.2 Å². The quantitative estimate of drug-likeness (QED) is 0.722. The molecule has 1 aromatic heterocycles. The van der Waals surface area contributed by atoms with Crippen LogP contribution >= 0.6 is 24.2 Å².